The molecule has 0 unspecified atom stereocenters. The summed E-state index contributed by atoms with van der Waals surface area (Å²) in [6.07, 6.45) is 0.496. The summed E-state index contributed by atoms with van der Waals surface area (Å²) in [5.41, 5.74) is 1.21. The van der Waals surface area contributed by atoms with E-state index in [0.29, 0.717) is 23.6 Å². The Morgan fingerprint density at radius 3 is 2.62 bits per heavy atom. The lowest BCUT2D eigenvalue weighted by Crippen LogP contribution is -2.27. The minimum absolute atomic E-state index is 0.0395. The molecule has 0 aromatic heterocycles. The lowest BCUT2D eigenvalue weighted by Gasteiger charge is -2.19. The Balaban J connectivity index is 2.92. The summed E-state index contributed by atoms with van der Waals surface area (Å²) < 4.78 is 0. The Morgan fingerprint density at radius 2 is 2.06 bits per heavy atom. The molecule has 84 valence electrons. The van der Waals surface area contributed by atoms with Crippen molar-refractivity contribution in [2.75, 3.05) is 11.9 Å². The van der Waals surface area contributed by atoms with E-state index >= 15 is 0 Å². The number of rotatable bonds is 3. The SMILES string of the molecule is CC(C)CC(=O)N(C)c1ccccc1C#N. The molecule has 0 fully saturated rings. The topological polar surface area (TPSA) is 44.1 Å². The predicted molar refractivity (Wildman–Crippen MR) is 64.0 cm³/mol. The molecule has 0 spiro atoms. The first kappa shape index (κ1) is 12.3. The number of hydrogen-bond donors (Lipinski definition) is 0. The van der Waals surface area contributed by atoms with Gasteiger partial charge in [0.2, 0.25) is 5.91 Å². The van der Waals surface area contributed by atoms with Crippen molar-refractivity contribution < 1.29 is 4.79 Å². The van der Waals surface area contributed by atoms with Crippen LogP contribution < -0.4 is 4.90 Å². The van der Waals surface area contributed by atoms with E-state index in [1.54, 1.807) is 30.1 Å². The predicted octanol–water partition coefficient (Wildman–Crippen LogP) is 2.57. The van der Waals surface area contributed by atoms with Crippen molar-refractivity contribution in [3.8, 4) is 6.07 Å². The third-order valence-corrected chi connectivity index (χ3v) is 2.34. The van der Waals surface area contributed by atoms with Crippen LogP contribution in [-0.2, 0) is 4.79 Å². The van der Waals surface area contributed by atoms with Gasteiger partial charge < -0.3 is 4.90 Å². The highest BCUT2D eigenvalue weighted by atomic mass is 16.2. The van der Waals surface area contributed by atoms with Crippen molar-refractivity contribution in [2.45, 2.75) is 20.3 Å². The Hall–Kier alpha value is -1.82. The summed E-state index contributed by atoms with van der Waals surface area (Å²) in [6, 6.07) is 9.22. The average Bonchev–Trinajstić information content (AvgIpc) is 2.27. The molecule has 0 aliphatic carbocycles. The zero-order chi connectivity index (χ0) is 12.1. The minimum atomic E-state index is 0.0395. The van der Waals surface area contributed by atoms with Crippen molar-refractivity contribution in [1.82, 2.24) is 0 Å². The van der Waals surface area contributed by atoms with Crippen LogP contribution in [0.1, 0.15) is 25.8 Å². The van der Waals surface area contributed by atoms with Crippen molar-refractivity contribution in [3.05, 3.63) is 29.8 Å². The summed E-state index contributed by atoms with van der Waals surface area (Å²) in [6.45, 7) is 4.00. The number of anilines is 1. The van der Waals surface area contributed by atoms with Crippen LogP contribution in [0.15, 0.2) is 24.3 Å². The van der Waals surface area contributed by atoms with Crippen LogP contribution >= 0.6 is 0 Å². The van der Waals surface area contributed by atoms with E-state index in [1.165, 1.54) is 0 Å². The highest BCUT2D eigenvalue weighted by molar-refractivity contribution is 5.94. The van der Waals surface area contributed by atoms with E-state index in [0.717, 1.165) is 0 Å². The summed E-state index contributed by atoms with van der Waals surface area (Å²) >= 11 is 0. The molecule has 0 aliphatic heterocycles. The molecule has 1 amide bonds. The summed E-state index contributed by atoms with van der Waals surface area (Å²) in [7, 11) is 1.71. The maximum absolute atomic E-state index is 11.8. The first-order valence-electron chi connectivity index (χ1n) is 5.32. The van der Waals surface area contributed by atoms with Gasteiger partial charge in [-0.3, -0.25) is 4.79 Å². The van der Waals surface area contributed by atoms with Crippen molar-refractivity contribution in [3.63, 3.8) is 0 Å². The largest absolute Gasteiger partial charge is 0.314 e. The van der Waals surface area contributed by atoms with Crippen LogP contribution in [0.5, 0.6) is 0 Å². The molecule has 0 aliphatic rings. The molecule has 0 saturated carbocycles. The first-order chi connectivity index (χ1) is 7.56. The molecule has 1 aromatic carbocycles. The number of benzene rings is 1. The number of para-hydroxylation sites is 1. The fourth-order valence-corrected chi connectivity index (χ4v) is 1.48. The monoisotopic (exact) mass is 216 g/mol. The lowest BCUT2D eigenvalue weighted by atomic mass is 10.1. The van der Waals surface area contributed by atoms with Crippen LogP contribution in [0.4, 0.5) is 5.69 Å². The molecule has 1 rings (SSSR count). The number of amides is 1. The third kappa shape index (κ3) is 2.83. The van der Waals surface area contributed by atoms with Gasteiger partial charge in [0.15, 0.2) is 0 Å². The van der Waals surface area contributed by atoms with E-state index in [9.17, 15) is 4.79 Å². The average molecular weight is 216 g/mol. The number of nitrogens with zero attached hydrogens (tertiary/aromatic N) is 2. The standard InChI is InChI=1S/C13H16N2O/c1-10(2)8-13(16)15(3)12-7-5-4-6-11(12)9-14/h4-7,10H,8H2,1-3H3. The van der Waals surface area contributed by atoms with Crippen molar-refractivity contribution in [2.24, 2.45) is 5.92 Å². The number of carbonyl (C=O) groups is 1. The van der Waals surface area contributed by atoms with Crippen LogP contribution in [-0.4, -0.2) is 13.0 Å². The van der Waals surface area contributed by atoms with Crippen molar-refractivity contribution in [1.29, 1.82) is 5.26 Å². The number of nitriles is 1. The molecule has 0 bridgehead atoms. The van der Waals surface area contributed by atoms with Gasteiger partial charge in [0.05, 0.1) is 11.3 Å². The highest BCUT2D eigenvalue weighted by Crippen LogP contribution is 2.19. The lowest BCUT2D eigenvalue weighted by molar-refractivity contribution is -0.119. The van der Waals surface area contributed by atoms with Crippen LogP contribution in [0.2, 0.25) is 0 Å². The van der Waals surface area contributed by atoms with Crippen LogP contribution in [0.3, 0.4) is 0 Å². The van der Waals surface area contributed by atoms with Gasteiger partial charge in [-0.25, -0.2) is 0 Å². The molecule has 0 atom stereocenters. The maximum atomic E-state index is 11.8. The van der Waals surface area contributed by atoms with Crippen LogP contribution in [0, 0.1) is 17.2 Å². The van der Waals surface area contributed by atoms with Gasteiger partial charge in [0.25, 0.3) is 0 Å². The molecule has 0 saturated heterocycles. The molecule has 16 heavy (non-hydrogen) atoms. The zero-order valence-electron chi connectivity index (χ0n) is 9.90. The zero-order valence-corrected chi connectivity index (χ0v) is 9.90. The van der Waals surface area contributed by atoms with Gasteiger partial charge in [-0.1, -0.05) is 26.0 Å². The maximum Gasteiger partial charge on any atom is 0.227 e. The van der Waals surface area contributed by atoms with E-state index < -0.39 is 0 Å². The fourth-order valence-electron chi connectivity index (χ4n) is 1.48. The summed E-state index contributed by atoms with van der Waals surface area (Å²) in [4.78, 5) is 13.4. The third-order valence-electron chi connectivity index (χ3n) is 2.34. The normalized spacial score (nSPS) is 9.94. The second-order valence-electron chi connectivity index (χ2n) is 4.18. The van der Waals surface area contributed by atoms with Gasteiger partial charge in [-0.05, 0) is 18.1 Å². The molecule has 3 heteroatoms. The Labute approximate surface area is 96.3 Å². The quantitative estimate of drug-likeness (QED) is 0.779. The smallest absolute Gasteiger partial charge is 0.227 e. The Kier molecular flexibility index (Phi) is 4.07. The number of carbonyl (C=O) groups excluding carboxylic acids is 1. The van der Waals surface area contributed by atoms with Gasteiger partial charge in [-0.2, -0.15) is 5.26 Å². The second-order valence-corrected chi connectivity index (χ2v) is 4.18. The molecular weight excluding hydrogens is 200 g/mol. The minimum Gasteiger partial charge on any atom is -0.314 e. The van der Waals surface area contributed by atoms with Gasteiger partial charge in [0.1, 0.15) is 6.07 Å². The van der Waals surface area contributed by atoms with E-state index in [2.05, 4.69) is 6.07 Å². The van der Waals surface area contributed by atoms with E-state index in [-0.39, 0.29) is 5.91 Å². The Morgan fingerprint density at radius 1 is 1.44 bits per heavy atom. The van der Waals surface area contributed by atoms with Crippen molar-refractivity contribution >= 4 is 11.6 Å². The highest BCUT2D eigenvalue weighted by Gasteiger charge is 2.14. The van der Waals surface area contributed by atoms with Gasteiger partial charge in [-0.15, -0.1) is 0 Å². The Bertz CT molecular complexity index is 418. The molecule has 3 nitrogen and oxygen atoms in total. The second kappa shape index (κ2) is 5.32. The van der Waals surface area contributed by atoms with Crippen LogP contribution in [0.25, 0.3) is 0 Å². The van der Waals surface area contributed by atoms with E-state index in [4.69, 9.17) is 5.26 Å². The molecule has 0 radical (unpaired) electrons. The molecule has 1 aromatic rings. The fraction of sp³-hybridized carbons (Fsp3) is 0.385. The van der Waals surface area contributed by atoms with Gasteiger partial charge >= 0.3 is 0 Å². The van der Waals surface area contributed by atoms with Gasteiger partial charge in [0, 0.05) is 13.5 Å². The molecule has 0 heterocycles. The molecular formula is C13H16N2O. The van der Waals surface area contributed by atoms with E-state index in [1.807, 2.05) is 19.9 Å². The number of hydrogen-bond acceptors (Lipinski definition) is 2. The summed E-state index contributed by atoms with van der Waals surface area (Å²) in [5.74, 6) is 0.363. The summed E-state index contributed by atoms with van der Waals surface area (Å²) in [5, 5.41) is 8.94. The first-order valence-corrected chi connectivity index (χ1v) is 5.32. The molecule has 0 N–H and O–H groups in total.